The third kappa shape index (κ3) is 5.62. The Balaban J connectivity index is 1.43. The number of carbonyl (C=O) groups is 2. The van der Waals surface area contributed by atoms with Crippen molar-refractivity contribution in [3.05, 3.63) is 83.3 Å². The number of hydrogen-bond acceptors (Lipinski definition) is 5. The molecule has 0 bridgehead atoms. The molecule has 0 saturated carbocycles. The second kappa shape index (κ2) is 9.45. The van der Waals surface area contributed by atoms with Crippen LogP contribution in [0.25, 0.3) is 0 Å². The van der Waals surface area contributed by atoms with Crippen molar-refractivity contribution >= 4 is 11.8 Å². The smallest absolute Gasteiger partial charge is 0.305 e. The standard InChI is InChI=1S/C22H22N2O5/c1-15-7-6-10-19(16(15)2)28-14-21(25)23-24-22(26)20-12-11-18(29-20)13-27-17-8-4-3-5-9-17/h3-12H,13-14H2,1-2H3,(H,23,25)(H,24,26). The van der Waals surface area contributed by atoms with Crippen LogP contribution in [0.3, 0.4) is 0 Å². The minimum atomic E-state index is -0.573. The van der Waals surface area contributed by atoms with E-state index >= 15 is 0 Å². The maximum Gasteiger partial charge on any atom is 0.305 e. The Labute approximate surface area is 168 Å². The van der Waals surface area contributed by atoms with Crippen LogP contribution in [0, 0.1) is 13.8 Å². The number of aryl methyl sites for hydroxylation is 1. The van der Waals surface area contributed by atoms with Crippen molar-refractivity contribution in [3.8, 4) is 11.5 Å². The molecule has 1 heterocycles. The van der Waals surface area contributed by atoms with Gasteiger partial charge in [0.05, 0.1) is 0 Å². The van der Waals surface area contributed by atoms with Crippen LogP contribution in [0.15, 0.2) is 65.1 Å². The van der Waals surface area contributed by atoms with E-state index in [4.69, 9.17) is 13.9 Å². The largest absolute Gasteiger partial charge is 0.486 e. The topological polar surface area (TPSA) is 89.8 Å². The highest BCUT2D eigenvalue weighted by atomic mass is 16.5. The van der Waals surface area contributed by atoms with Crippen LogP contribution >= 0.6 is 0 Å². The minimum Gasteiger partial charge on any atom is -0.486 e. The molecule has 1 aromatic heterocycles. The Kier molecular flexibility index (Phi) is 6.52. The van der Waals surface area contributed by atoms with Crippen LogP contribution in [0.1, 0.15) is 27.4 Å². The van der Waals surface area contributed by atoms with Gasteiger partial charge in [0.1, 0.15) is 23.9 Å². The number of amides is 2. The van der Waals surface area contributed by atoms with Crippen molar-refractivity contribution in [1.82, 2.24) is 10.9 Å². The fourth-order valence-corrected chi connectivity index (χ4v) is 2.50. The van der Waals surface area contributed by atoms with Crippen molar-refractivity contribution in [2.24, 2.45) is 0 Å². The summed E-state index contributed by atoms with van der Waals surface area (Å²) in [6.07, 6.45) is 0. The normalized spacial score (nSPS) is 10.3. The number of ether oxygens (including phenoxy) is 2. The number of benzene rings is 2. The summed E-state index contributed by atoms with van der Waals surface area (Å²) >= 11 is 0. The summed E-state index contributed by atoms with van der Waals surface area (Å²) < 4.78 is 16.5. The number of nitrogens with one attached hydrogen (secondary N) is 2. The molecule has 7 nitrogen and oxygen atoms in total. The van der Waals surface area contributed by atoms with Gasteiger partial charge in [-0.25, -0.2) is 0 Å². The summed E-state index contributed by atoms with van der Waals surface area (Å²) in [6, 6.07) is 18.0. The third-order valence-corrected chi connectivity index (χ3v) is 4.24. The SMILES string of the molecule is Cc1cccc(OCC(=O)NNC(=O)c2ccc(COc3ccccc3)o2)c1C. The molecule has 29 heavy (non-hydrogen) atoms. The molecule has 3 rings (SSSR count). The van der Waals surface area contributed by atoms with Crippen LogP contribution in [0.2, 0.25) is 0 Å². The summed E-state index contributed by atoms with van der Waals surface area (Å²) in [6.45, 7) is 3.84. The van der Waals surface area contributed by atoms with Gasteiger partial charge >= 0.3 is 5.91 Å². The van der Waals surface area contributed by atoms with Gasteiger partial charge in [-0.2, -0.15) is 0 Å². The van der Waals surface area contributed by atoms with Gasteiger partial charge in [-0.05, 0) is 55.3 Å². The Morgan fingerprint density at radius 1 is 0.897 bits per heavy atom. The lowest BCUT2D eigenvalue weighted by atomic mass is 10.1. The molecule has 0 spiro atoms. The predicted octanol–water partition coefficient (Wildman–Crippen LogP) is 3.32. The third-order valence-electron chi connectivity index (χ3n) is 4.24. The van der Waals surface area contributed by atoms with E-state index in [0.717, 1.165) is 11.1 Å². The summed E-state index contributed by atoms with van der Waals surface area (Å²) in [5, 5.41) is 0. The van der Waals surface area contributed by atoms with E-state index < -0.39 is 11.8 Å². The van der Waals surface area contributed by atoms with E-state index in [2.05, 4.69) is 10.9 Å². The molecule has 0 saturated heterocycles. The van der Waals surface area contributed by atoms with Gasteiger partial charge in [-0.1, -0.05) is 30.3 Å². The highest BCUT2D eigenvalue weighted by Crippen LogP contribution is 2.20. The molecular formula is C22H22N2O5. The Hall–Kier alpha value is -3.74. The van der Waals surface area contributed by atoms with Crippen LogP contribution < -0.4 is 20.3 Å². The molecule has 7 heteroatoms. The summed E-state index contributed by atoms with van der Waals surface area (Å²) in [4.78, 5) is 24.0. The first-order valence-electron chi connectivity index (χ1n) is 9.07. The zero-order valence-electron chi connectivity index (χ0n) is 16.2. The number of furan rings is 1. The van der Waals surface area contributed by atoms with Crippen molar-refractivity contribution in [2.45, 2.75) is 20.5 Å². The summed E-state index contributed by atoms with van der Waals surface area (Å²) in [5.74, 6) is 0.817. The first-order chi connectivity index (χ1) is 14.0. The summed E-state index contributed by atoms with van der Waals surface area (Å²) in [5.41, 5.74) is 6.63. The second-order valence-electron chi connectivity index (χ2n) is 6.36. The van der Waals surface area contributed by atoms with E-state index in [1.54, 1.807) is 12.1 Å². The Morgan fingerprint density at radius 2 is 1.69 bits per heavy atom. The molecule has 0 atom stereocenters. The number of hydrazine groups is 1. The van der Waals surface area contributed by atoms with Gasteiger partial charge in [-0.3, -0.25) is 20.4 Å². The van der Waals surface area contributed by atoms with E-state index in [9.17, 15) is 9.59 Å². The zero-order valence-corrected chi connectivity index (χ0v) is 16.2. The monoisotopic (exact) mass is 394 g/mol. The number of rotatable bonds is 7. The minimum absolute atomic E-state index is 0.0624. The lowest BCUT2D eigenvalue weighted by Gasteiger charge is -2.11. The van der Waals surface area contributed by atoms with Gasteiger partial charge in [-0.15, -0.1) is 0 Å². The number of para-hydroxylation sites is 1. The van der Waals surface area contributed by atoms with Crippen molar-refractivity contribution in [1.29, 1.82) is 0 Å². The fourth-order valence-electron chi connectivity index (χ4n) is 2.50. The molecule has 0 aliphatic rings. The molecule has 0 radical (unpaired) electrons. The quantitative estimate of drug-likeness (QED) is 0.600. The predicted molar refractivity (Wildman–Crippen MR) is 107 cm³/mol. The van der Waals surface area contributed by atoms with Crippen LogP contribution in [0.5, 0.6) is 11.5 Å². The number of carbonyl (C=O) groups excluding carboxylic acids is 2. The van der Waals surface area contributed by atoms with E-state index in [0.29, 0.717) is 17.3 Å². The molecule has 150 valence electrons. The Bertz CT molecular complexity index is 982. The highest BCUT2D eigenvalue weighted by molar-refractivity contribution is 5.93. The Morgan fingerprint density at radius 3 is 2.48 bits per heavy atom. The van der Waals surface area contributed by atoms with Gasteiger partial charge in [0, 0.05) is 0 Å². The van der Waals surface area contributed by atoms with E-state index in [1.807, 2.05) is 56.3 Å². The van der Waals surface area contributed by atoms with E-state index in [1.165, 1.54) is 6.07 Å². The molecule has 0 aliphatic carbocycles. The molecule has 3 aromatic rings. The maximum absolute atomic E-state index is 12.1. The van der Waals surface area contributed by atoms with Gasteiger partial charge in [0.15, 0.2) is 12.4 Å². The average molecular weight is 394 g/mol. The maximum atomic E-state index is 12.1. The number of hydrogen-bond donors (Lipinski definition) is 2. The fraction of sp³-hybridized carbons (Fsp3) is 0.182. The molecular weight excluding hydrogens is 372 g/mol. The highest BCUT2D eigenvalue weighted by Gasteiger charge is 2.13. The molecule has 0 unspecified atom stereocenters. The molecule has 0 fully saturated rings. The lowest BCUT2D eigenvalue weighted by molar-refractivity contribution is -0.123. The van der Waals surface area contributed by atoms with Crippen molar-refractivity contribution in [2.75, 3.05) is 6.61 Å². The summed E-state index contributed by atoms with van der Waals surface area (Å²) in [7, 11) is 0. The first-order valence-corrected chi connectivity index (χ1v) is 9.07. The molecule has 2 amide bonds. The van der Waals surface area contributed by atoms with Gasteiger partial charge < -0.3 is 13.9 Å². The van der Waals surface area contributed by atoms with Gasteiger partial charge in [0.2, 0.25) is 0 Å². The van der Waals surface area contributed by atoms with Crippen molar-refractivity contribution < 1.29 is 23.5 Å². The average Bonchev–Trinajstić information content (AvgIpc) is 3.21. The van der Waals surface area contributed by atoms with Gasteiger partial charge in [0.25, 0.3) is 5.91 Å². The molecule has 0 aliphatic heterocycles. The van der Waals surface area contributed by atoms with Crippen LogP contribution in [-0.4, -0.2) is 18.4 Å². The van der Waals surface area contributed by atoms with Crippen molar-refractivity contribution in [3.63, 3.8) is 0 Å². The van der Waals surface area contributed by atoms with E-state index in [-0.39, 0.29) is 19.0 Å². The van der Waals surface area contributed by atoms with Crippen LogP contribution in [-0.2, 0) is 11.4 Å². The lowest BCUT2D eigenvalue weighted by Crippen LogP contribution is -2.43. The molecule has 2 aromatic carbocycles. The second-order valence-corrected chi connectivity index (χ2v) is 6.36. The zero-order chi connectivity index (χ0) is 20.6. The van der Waals surface area contributed by atoms with Crippen LogP contribution in [0.4, 0.5) is 0 Å². The molecule has 2 N–H and O–H groups in total. The first kappa shape index (κ1) is 20.0.